The topological polar surface area (TPSA) is 60.2 Å². The lowest BCUT2D eigenvalue weighted by molar-refractivity contribution is 0.597. The van der Waals surface area contributed by atoms with Crippen LogP contribution in [0.3, 0.4) is 0 Å². The van der Waals surface area contributed by atoms with E-state index < -0.39 is 15.7 Å². The third-order valence-electron chi connectivity index (χ3n) is 1.48. The molecule has 0 aliphatic rings. The Kier molecular flexibility index (Phi) is 2.49. The zero-order chi connectivity index (χ0) is 10.2. The highest BCUT2D eigenvalue weighted by Gasteiger charge is 2.12. The summed E-state index contributed by atoms with van der Waals surface area (Å²) in [5.41, 5.74) is 4.95. The number of hydrogen-bond donors (Lipinski definition) is 1. The Morgan fingerprint density at radius 2 is 2.00 bits per heavy atom. The molecule has 72 valence electrons. The Bertz CT molecular complexity index is 421. The van der Waals surface area contributed by atoms with E-state index in [4.69, 9.17) is 17.3 Å². The van der Waals surface area contributed by atoms with Crippen molar-refractivity contribution in [2.24, 2.45) is 0 Å². The predicted molar refractivity (Wildman–Crippen MR) is 48.9 cm³/mol. The molecule has 6 heteroatoms. The zero-order valence-electron chi connectivity index (χ0n) is 6.71. The van der Waals surface area contributed by atoms with Gasteiger partial charge >= 0.3 is 0 Å². The van der Waals surface area contributed by atoms with Crippen LogP contribution in [0.15, 0.2) is 17.0 Å². The van der Waals surface area contributed by atoms with Gasteiger partial charge in [0.15, 0.2) is 9.84 Å². The van der Waals surface area contributed by atoms with Gasteiger partial charge in [0.05, 0.1) is 15.6 Å². The molecule has 0 bridgehead atoms. The molecular formula is C7H7ClFNO2S. The third kappa shape index (κ3) is 2.10. The highest BCUT2D eigenvalue weighted by atomic mass is 35.5. The van der Waals surface area contributed by atoms with Crippen LogP contribution in [0.4, 0.5) is 10.1 Å². The van der Waals surface area contributed by atoms with Gasteiger partial charge in [-0.15, -0.1) is 0 Å². The van der Waals surface area contributed by atoms with E-state index in [2.05, 4.69) is 0 Å². The van der Waals surface area contributed by atoms with E-state index in [0.29, 0.717) is 0 Å². The summed E-state index contributed by atoms with van der Waals surface area (Å²) >= 11 is 5.50. The van der Waals surface area contributed by atoms with E-state index in [1.807, 2.05) is 0 Å². The van der Waals surface area contributed by atoms with E-state index >= 15 is 0 Å². The number of hydrogen-bond acceptors (Lipinski definition) is 3. The molecule has 0 aromatic heterocycles. The Morgan fingerprint density at radius 3 is 2.38 bits per heavy atom. The number of halogens is 2. The Hall–Kier alpha value is -0.810. The van der Waals surface area contributed by atoms with Crippen molar-refractivity contribution in [3.05, 3.63) is 23.0 Å². The molecule has 2 N–H and O–H groups in total. The number of nitrogens with two attached hydrogens (primary N) is 1. The first kappa shape index (κ1) is 10.3. The summed E-state index contributed by atoms with van der Waals surface area (Å²) in [7, 11) is -3.44. The van der Waals surface area contributed by atoms with Gasteiger partial charge < -0.3 is 5.73 Å². The molecule has 0 atom stereocenters. The van der Waals surface area contributed by atoms with Crippen LogP contribution in [0.1, 0.15) is 0 Å². The van der Waals surface area contributed by atoms with Crippen molar-refractivity contribution in [2.45, 2.75) is 4.90 Å². The summed E-state index contributed by atoms with van der Waals surface area (Å²) in [6.45, 7) is 0. The van der Waals surface area contributed by atoms with Crippen LogP contribution < -0.4 is 5.73 Å². The smallest absolute Gasteiger partial charge is 0.175 e. The van der Waals surface area contributed by atoms with Gasteiger partial charge in [-0.2, -0.15) is 0 Å². The molecule has 0 fully saturated rings. The van der Waals surface area contributed by atoms with Crippen molar-refractivity contribution in [3.8, 4) is 0 Å². The minimum absolute atomic E-state index is 0.0968. The second-order valence-corrected chi connectivity index (χ2v) is 5.00. The molecule has 0 spiro atoms. The first-order valence-corrected chi connectivity index (χ1v) is 5.54. The van der Waals surface area contributed by atoms with E-state index in [-0.39, 0.29) is 15.6 Å². The lowest BCUT2D eigenvalue weighted by atomic mass is 10.3. The number of nitrogen functional groups attached to an aromatic ring is 1. The zero-order valence-corrected chi connectivity index (χ0v) is 8.29. The average molecular weight is 224 g/mol. The van der Waals surface area contributed by atoms with Gasteiger partial charge in [-0.1, -0.05) is 11.6 Å². The third-order valence-corrected chi connectivity index (χ3v) is 2.89. The van der Waals surface area contributed by atoms with E-state index in [0.717, 1.165) is 18.4 Å². The van der Waals surface area contributed by atoms with Gasteiger partial charge in [0.25, 0.3) is 0 Å². The van der Waals surface area contributed by atoms with Crippen LogP contribution in [0.5, 0.6) is 0 Å². The summed E-state index contributed by atoms with van der Waals surface area (Å²) in [5.74, 6) is -0.826. The number of benzene rings is 1. The molecule has 1 rings (SSSR count). The summed E-state index contributed by atoms with van der Waals surface area (Å²) in [5, 5.41) is -0.0968. The van der Waals surface area contributed by atoms with Crippen LogP contribution in [0.2, 0.25) is 5.02 Å². The number of anilines is 1. The minimum Gasteiger partial charge on any atom is -0.395 e. The quantitative estimate of drug-likeness (QED) is 0.734. The molecule has 0 saturated heterocycles. The van der Waals surface area contributed by atoms with Crippen molar-refractivity contribution in [2.75, 3.05) is 12.0 Å². The molecule has 0 unspecified atom stereocenters. The number of rotatable bonds is 1. The largest absolute Gasteiger partial charge is 0.395 e. The minimum atomic E-state index is -3.44. The second kappa shape index (κ2) is 3.16. The van der Waals surface area contributed by atoms with Crippen LogP contribution >= 0.6 is 11.6 Å². The summed E-state index contributed by atoms with van der Waals surface area (Å²) < 4.78 is 34.9. The molecular weight excluding hydrogens is 217 g/mol. The molecule has 0 saturated carbocycles. The summed E-state index contributed by atoms with van der Waals surface area (Å²) in [4.78, 5) is -0.177. The lowest BCUT2D eigenvalue weighted by Crippen LogP contribution is -2.00. The van der Waals surface area contributed by atoms with Crippen molar-refractivity contribution < 1.29 is 12.8 Å². The molecule has 1 aromatic rings. The average Bonchev–Trinajstić information content (AvgIpc) is 1.97. The summed E-state index contributed by atoms with van der Waals surface area (Å²) in [6.07, 6.45) is 0.967. The van der Waals surface area contributed by atoms with E-state index in [1.54, 1.807) is 0 Å². The van der Waals surface area contributed by atoms with Crippen LogP contribution in [-0.2, 0) is 9.84 Å². The Balaban J connectivity index is 3.47. The fourth-order valence-electron chi connectivity index (χ4n) is 0.775. The van der Waals surface area contributed by atoms with Gasteiger partial charge in [-0.3, -0.25) is 0 Å². The van der Waals surface area contributed by atoms with Crippen molar-refractivity contribution >= 4 is 27.1 Å². The highest BCUT2D eigenvalue weighted by molar-refractivity contribution is 7.90. The first-order chi connectivity index (χ1) is 5.82. The standard InChI is InChI=1S/C7H7ClFNO2S/c1-13(11,12)4-2-5(8)7(10)6(9)3-4/h2-3H,10H2,1H3. The second-order valence-electron chi connectivity index (χ2n) is 2.57. The van der Waals surface area contributed by atoms with Gasteiger partial charge in [0.2, 0.25) is 0 Å². The Morgan fingerprint density at radius 1 is 1.46 bits per heavy atom. The van der Waals surface area contributed by atoms with Gasteiger partial charge in [0, 0.05) is 6.26 Å². The van der Waals surface area contributed by atoms with Gasteiger partial charge in [0.1, 0.15) is 5.82 Å². The molecule has 0 aliphatic heterocycles. The normalized spacial score (nSPS) is 11.6. The maximum atomic E-state index is 12.9. The highest BCUT2D eigenvalue weighted by Crippen LogP contribution is 2.25. The van der Waals surface area contributed by atoms with E-state index in [1.165, 1.54) is 0 Å². The molecule has 1 aromatic carbocycles. The summed E-state index contributed by atoms with van der Waals surface area (Å²) in [6, 6.07) is 1.96. The molecule has 0 radical (unpaired) electrons. The maximum Gasteiger partial charge on any atom is 0.175 e. The fraction of sp³-hybridized carbons (Fsp3) is 0.143. The van der Waals surface area contributed by atoms with Crippen molar-refractivity contribution in [3.63, 3.8) is 0 Å². The predicted octanol–water partition coefficient (Wildman–Crippen LogP) is 1.46. The molecule has 0 heterocycles. The van der Waals surface area contributed by atoms with E-state index in [9.17, 15) is 12.8 Å². The molecule has 3 nitrogen and oxygen atoms in total. The van der Waals surface area contributed by atoms with Crippen LogP contribution in [0.25, 0.3) is 0 Å². The maximum absolute atomic E-state index is 12.9. The SMILES string of the molecule is CS(=O)(=O)c1cc(F)c(N)c(Cl)c1. The molecule has 0 aliphatic carbocycles. The first-order valence-electron chi connectivity index (χ1n) is 3.27. The monoisotopic (exact) mass is 223 g/mol. The van der Waals surface area contributed by atoms with Crippen molar-refractivity contribution in [1.29, 1.82) is 0 Å². The van der Waals surface area contributed by atoms with Gasteiger partial charge in [-0.05, 0) is 12.1 Å². The van der Waals surface area contributed by atoms with Crippen LogP contribution in [-0.4, -0.2) is 14.7 Å². The van der Waals surface area contributed by atoms with Crippen LogP contribution in [0, 0.1) is 5.82 Å². The lowest BCUT2D eigenvalue weighted by Gasteiger charge is -2.02. The number of sulfone groups is 1. The van der Waals surface area contributed by atoms with Gasteiger partial charge in [-0.25, -0.2) is 12.8 Å². The molecule has 0 amide bonds. The molecule has 13 heavy (non-hydrogen) atoms. The van der Waals surface area contributed by atoms with Crippen molar-refractivity contribution in [1.82, 2.24) is 0 Å². The fourth-order valence-corrected chi connectivity index (χ4v) is 1.70. The Labute approximate surface area is 80.2 Å².